The van der Waals surface area contributed by atoms with Gasteiger partial charge in [-0.05, 0) is 49.7 Å². The summed E-state index contributed by atoms with van der Waals surface area (Å²) in [4.78, 5) is 0. The van der Waals surface area contributed by atoms with Crippen molar-refractivity contribution in [2.75, 3.05) is 0 Å². The molecule has 0 aliphatic carbocycles. The van der Waals surface area contributed by atoms with Gasteiger partial charge >= 0.3 is 7.12 Å². The van der Waals surface area contributed by atoms with Crippen LogP contribution >= 0.6 is 0 Å². The van der Waals surface area contributed by atoms with Crippen LogP contribution in [0.1, 0.15) is 20.8 Å². The Balaban J connectivity index is 1.79. The van der Waals surface area contributed by atoms with E-state index in [1.807, 2.05) is 39.0 Å². The molecule has 0 bridgehead atoms. The molecule has 0 saturated carbocycles. The minimum Gasteiger partial charge on any atom is -0.465 e. The summed E-state index contributed by atoms with van der Waals surface area (Å²) in [6, 6.07) is 14.5. The summed E-state index contributed by atoms with van der Waals surface area (Å²) in [6.45, 7) is 6.10. The first-order valence-corrected chi connectivity index (χ1v) is 7.28. The molecule has 0 amide bonds. The number of rotatable bonds is 1. The molecule has 1 aromatic heterocycles. The van der Waals surface area contributed by atoms with E-state index in [0.29, 0.717) is 0 Å². The van der Waals surface area contributed by atoms with Gasteiger partial charge in [0.2, 0.25) is 0 Å². The third kappa shape index (κ3) is 2.06. The monoisotopic (exact) mass is 280 g/mol. The van der Waals surface area contributed by atoms with Crippen molar-refractivity contribution in [3.63, 3.8) is 0 Å². The summed E-state index contributed by atoms with van der Waals surface area (Å²) in [7, 11) is -0.425. The fraction of sp³-hybridized carbons (Fsp3) is 0.294. The molecule has 106 valence electrons. The topological polar surface area (TPSA) is 31.6 Å². The van der Waals surface area contributed by atoms with Crippen LogP contribution in [0.15, 0.2) is 46.9 Å². The SMILES string of the molecule is CC1OB(c2cc3cc4ccccc4cc3o2)OC1(C)C. The van der Waals surface area contributed by atoms with Gasteiger partial charge < -0.3 is 13.7 Å². The predicted octanol–water partition coefficient (Wildman–Crippen LogP) is 3.50. The molecule has 0 spiro atoms. The van der Waals surface area contributed by atoms with Crippen molar-refractivity contribution < 1.29 is 13.7 Å². The second-order valence-electron chi connectivity index (χ2n) is 6.22. The third-order valence-electron chi connectivity index (χ3n) is 4.35. The molecule has 21 heavy (non-hydrogen) atoms. The number of hydrogen-bond acceptors (Lipinski definition) is 3. The lowest BCUT2D eigenvalue weighted by atomic mass is 9.86. The molecule has 1 atom stereocenters. The van der Waals surface area contributed by atoms with E-state index in [9.17, 15) is 0 Å². The van der Waals surface area contributed by atoms with Gasteiger partial charge in [-0.15, -0.1) is 0 Å². The van der Waals surface area contributed by atoms with Crippen LogP contribution in [-0.2, 0) is 9.31 Å². The maximum atomic E-state index is 5.96. The zero-order valence-electron chi connectivity index (χ0n) is 12.4. The summed E-state index contributed by atoms with van der Waals surface area (Å²) in [5.74, 6) is 0. The summed E-state index contributed by atoms with van der Waals surface area (Å²) in [6.07, 6.45) is 0.0368. The minimum absolute atomic E-state index is 0.0368. The van der Waals surface area contributed by atoms with E-state index in [2.05, 4.69) is 24.3 Å². The molecule has 4 heteroatoms. The quantitative estimate of drug-likeness (QED) is 0.639. The van der Waals surface area contributed by atoms with Crippen LogP contribution in [0.5, 0.6) is 0 Å². The van der Waals surface area contributed by atoms with Gasteiger partial charge in [-0.25, -0.2) is 0 Å². The van der Waals surface area contributed by atoms with Crippen molar-refractivity contribution >= 4 is 34.5 Å². The highest BCUT2D eigenvalue weighted by Crippen LogP contribution is 2.29. The van der Waals surface area contributed by atoms with Crippen LogP contribution in [0.25, 0.3) is 21.7 Å². The second-order valence-corrected chi connectivity index (χ2v) is 6.22. The molecule has 0 N–H and O–H groups in total. The van der Waals surface area contributed by atoms with Crippen molar-refractivity contribution in [3.05, 3.63) is 42.5 Å². The van der Waals surface area contributed by atoms with Crippen LogP contribution in [-0.4, -0.2) is 18.8 Å². The molecule has 1 aliphatic rings. The Kier molecular flexibility index (Phi) is 2.68. The molecule has 1 aliphatic heterocycles. The van der Waals surface area contributed by atoms with Gasteiger partial charge in [0.05, 0.1) is 11.7 Å². The molecule has 2 heterocycles. The fourth-order valence-corrected chi connectivity index (χ4v) is 2.74. The summed E-state index contributed by atoms with van der Waals surface area (Å²) >= 11 is 0. The Bertz CT molecular complexity index is 769. The van der Waals surface area contributed by atoms with Gasteiger partial charge in [0.15, 0.2) is 0 Å². The van der Waals surface area contributed by atoms with Gasteiger partial charge in [-0.1, -0.05) is 24.3 Å². The van der Waals surface area contributed by atoms with E-state index in [0.717, 1.165) is 16.6 Å². The van der Waals surface area contributed by atoms with E-state index in [1.165, 1.54) is 10.8 Å². The van der Waals surface area contributed by atoms with Crippen LogP contribution in [0.4, 0.5) is 0 Å². The smallest absolute Gasteiger partial charge is 0.465 e. The zero-order chi connectivity index (χ0) is 14.6. The third-order valence-corrected chi connectivity index (χ3v) is 4.35. The van der Waals surface area contributed by atoms with Crippen molar-refractivity contribution in [3.8, 4) is 0 Å². The van der Waals surface area contributed by atoms with E-state index in [1.54, 1.807) is 0 Å². The molecule has 3 nitrogen and oxygen atoms in total. The summed E-state index contributed by atoms with van der Waals surface area (Å²) < 4.78 is 17.8. The minimum atomic E-state index is -0.425. The zero-order valence-corrected chi connectivity index (χ0v) is 12.4. The lowest BCUT2D eigenvalue weighted by molar-refractivity contribution is 0.0841. The first kappa shape index (κ1) is 12.9. The second kappa shape index (κ2) is 4.36. The highest BCUT2D eigenvalue weighted by Gasteiger charge is 2.45. The molecule has 3 aromatic rings. The van der Waals surface area contributed by atoms with Crippen LogP contribution < -0.4 is 5.66 Å². The van der Waals surface area contributed by atoms with Crippen molar-refractivity contribution in [1.29, 1.82) is 0 Å². The number of furan rings is 1. The van der Waals surface area contributed by atoms with Gasteiger partial charge in [-0.3, -0.25) is 0 Å². The molecule has 1 fully saturated rings. The van der Waals surface area contributed by atoms with Crippen LogP contribution in [0.3, 0.4) is 0 Å². The van der Waals surface area contributed by atoms with Gasteiger partial charge in [0.25, 0.3) is 0 Å². The van der Waals surface area contributed by atoms with Crippen LogP contribution in [0.2, 0.25) is 0 Å². The van der Waals surface area contributed by atoms with Crippen LogP contribution in [0, 0.1) is 0 Å². The largest absolute Gasteiger partial charge is 0.532 e. The Morgan fingerprint density at radius 1 is 1.00 bits per heavy atom. The van der Waals surface area contributed by atoms with Crippen molar-refractivity contribution in [2.45, 2.75) is 32.5 Å². The number of benzene rings is 2. The fourth-order valence-electron chi connectivity index (χ4n) is 2.74. The normalized spacial score (nSPS) is 21.5. The predicted molar refractivity (Wildman–Crippen MR) is 84.8 cm³/mol. The standard InChI is InChI=1S/C17H17BO3/c1-11-17(2,3)21-18(20-11)16-10-14-8-12-6-4-5-7-13(12)9-15(14)19-16/h4-11H,1-3H3. The highest BCUT2D eigenvalue weighted by atomic mass is 16.7. The van der Waals surface area contributed by atoms with E-state index < -0.39 is 7.12 Å². The van der Waals surface area contributed by atoms with E-state index in [4.69, 9.17) is 13.7 Å². The van der Waals surface area contributed by atoms with Gasteiger partial charge in [0, 0.05) is 5.39 Å². The van der Waals surface area contributed by atoms with Gasteiger partial charge in [0.1, 0.15) is 11.2 Å². The molecular formula is C17H17BO3. The summed E-state index contributed by atoms with van der Waals surface area (Å²) in [5.41, 5.74) is 1.31. The molecular weight excluding hydrogens is 263 g/mol. The average molecular weight is 280 g/mol. The maximum Gasteiger partial charge on any atom is 0.532 e. The van der Waals surface area contributed by atoms with E-state index in [-0.39, 0.29) is 11.7 Å². The molecule has 2 aromatic carbocycles. The Hall–Kier alpha value is -1.78. The maximum absolute atomic E-state index is 5.96. The lowest BCUT2D eigenvalue weighted by Crippen LogP contribution is -2.33. The Labute approximate surface area is 124 Å². The summed E-state index contributed by atoms with van der Waals surface area (Å²) in [5, 5.41) is 3.46. The Morgan fingerprint density at radius 2 is 1.71 bits per heavy atom. The lowest BCUT2D eigenvalue weighted by Gasteiger charge is -2.21. The van der Waals surface area contributed by atoms with Crippen molar-refractivity contribution in [1.82, 2.24) is 0 Å². The molecule has 1 unspecified atom stereocenters. The first-order chi connectivity index (χ1) is 10.0. The molecule has 0 radical (unpaired) electrons. The first-order valence-electron chi connectivity index (χ1n) is 7.28. The number of hydrogen-bond donors (Lipinski definition) is 0. The average Bonchev–Trinajstić information content (AvgIpc) is 2.97. The van der Waals surface area contributed by atoms with E-state index >= 15 is 0 Å². The molecule has 1 saturated heterocycles. The van der Waals surface area contributed by atoms with Gasteiger partial charge in [-0.2, -0.15) is 0 Å². The van der Waals surface area contributed by atoms with Crippen molar-refractivity contribution in [2.24, 2.45) is 0 Å². The highest BCUT2D eigenvalue weighted by molar-refractivity contribution is 6.61. The molecule has 4 rings (SSSR count). The number of fused-ring (bicyclic) bond motifs is 2. The Morgan fingerprint density at radius 3 is 2.38 bits per heavy atom.